The number of carbonyl (C=O) groups is 1. The Kier molecular flexibility index (Phi) is 4.82. The Hall–Kier alpha value is -2.67. The van der Waals surface area contributed by atoms with E-state index in [1.807, 2.05) is 37.4 Å². The molecule has 0 aliphatic carbocycles. The summed E-state index contributed by atoms with van der Waals surface area (Å²) in [5.41, 5.74) is 2.89. The number of anilines is 1. The van der Waals surface area contributed by atoms with Crippen molar-refractivity contribution in [1.29, 1.82) is 0 Å². The summed E-state index contributed by atoms with van der Waals surface area (Å²) in [4.78, 5) is 16.6. The van der Waals surface area contributed by atoms with Crippen molar-refractivity contribution in [2.45, 2.75) is 20.0 Å². The van der Waals surface area contributed by atoms with Gasteiger partial charge < -0.3 is 0 Å². The second-order valence-electron chi connectivity index (χ2n) is 5.89. The number of aryl methyl sites for hydroxylation is 2. The number of nitrogens with one attached hydrogen (secondary N) is 1. The third-order valence-corrected chi connectivity index (χ3v) is 4.60. The van der Waals surface area contributed by atoms with Gasteiger partial charge in [0.05, 0.1) is 11.3 Å². The summed E-state index contributed by atoms with van der Waals surface area (Å²) < 4.78 is 38.3. The highest BCUT2D eigenvalue weighted by Crippen LogP contribution is 2.31. The molecule has 0 unspecified atom stereocenters. The summed E-state index contributed by atoms with van der Waals surface area (Å²) in [6.45, 7) is 3.95. The highest BCUT2D eigenvalue weighted by molar-refractivity contribution is 7.14. The van der Waals surface area contributed by atoms with Crippen molar-refractivity contribution in [2.75, 3.05) is 5.32 Å². The van der Waals surface area contributed by atoms with Crippen LogP contribution < -0.4 is 5.32 Å². The molecule has 0 spiro atoms. The van der Waals surface area contributed by atoms with Gasteiger partial charge in [-0.15, -0.1) is 11.3 Å². The molecule has 0 atom stereocenters. The molecular formula is C19H15F3N2OS. The summed E-state index contributed by atoms with van der Waals surface area (Å²) in [5.74, 6) is -0.627. The average molecular weight is 376 g/mol. The molecule has 3 aromatic rings. The number of thiazole rings is 1. The molecule has 1 aromatic heterocycles. The lowest BCUT2D eigenvalue weighted by Gasteiger charge is -2.08. The van der Waals surface area contributed by atoms with Crippen LogP contribution in [0.4, 0.5) is 18.3 Å². The molecule has 3 rings (SSSR count). The van der Waals surface area contributed by atoms with Crippen LogP contribution in [0.5, 0.6) is 0 Å². The summed E-state index contributed by atoms with van der Waals surface area (Å²) >= 11 is 1.23. The van der Waals surface area contributed by atoms with Crippen LogP contribution in [-0.2, 0) is 6.18 Å². The predicted octanol–water partition coefficient (Wildman–Crippen LogP) is 5.70. The van der Waals surface area contributed by atoms with E-state index in [0.29, 0.717) is 5.13 Å². The maximum Gasteiger partial charge on any atom is 0.416 e. The lowest BCUT2D eigenvalue weighted by atomic mass is 10.0. The monoisotopic (exact) mass is 376 g/mol. The fourth-order valence-electron chi connectivity index (χ4n) is 2.47. The van der Waals surface area contributed by atoms with Crippen LogP contribution in [0.25, 0.3) is 11.3 Å². The molecule has 1 amide bonds. The number of amides is 1. The molecule has 1 N–H and O–H groups in total. The lowest BCUT2D eigenvalue weighted by Crippen LogP contribution is -2.13. The van der Waals surface area contributed by atoms with E-state index in [1.165, 1.54) is 23.5 Å². The number of hydrogen-bond donors (Lipinski definition) is 1. The first kappa shape index (κ1) is 18.1. The molecule has 0 aliphatic heterocycles. The van der Waals surface area contributed by atoms with Gasteiger partial charge >= 0.3 is 6.18 Å². The molecule has 1 heterocycles. The van der Waals surface area contributed by atoms with Gasteiger partial charge in [0, 0.05) is 16.5 Å². The van der Waals surface area contributed by atoms with Gasteiger partial charge in [-0.25, -0.2) is 4.98 Å². The van der Waals surface area contributed by atoms with Gasteiger partial charge in [-0.05, 0) is 43.7 Å². The molecule has 0 fully saturated rings. The van der Waals surface area contributed by atoms with Crippen LogP contribution in [0, 0.1) is 13.8 Å². The van der Waals surface area contributed by atoms with Crippen LogP contribution in [0.3, 0.4) is 0 Å². The molecule has 0 aliphatic rings. The van der Waals surface area contributed by atoms with Crippen molar-refractivity contribution in [3.63, 3.8) is 0 Å². The van der Waals surface area contributed by atoms with Gasteiger partial charge in [0.25, 0.3) is 5.91 Å². The van der Waals surface area contributed by atoms with E-state index >= 15 is 0 Å². The van der Waals surface area contributed by atoms with Crippen molar-refractivity contribution >= 4 is 22.4 Å². The zero-order valence-corrected chi connectivity index (χ0v) is 14.8. The molecule has 2 aromatic carbocycles. The summed E-state index contributed by atoms with van der Waals surface area (Å²) in [7, 11) is 0. The third kappa shape index (κ3) is 3.94. The minimum absolute atomic E-state index is 0.0664. The fourth-order valence-corrected chi connectivity index (χ4v) is 3.18. The van der Waals surface area contributed by atoms with Gasteiger partial charge in [-0.2, -0.15) is 13.2 Å². The SMILES string of the molecule is Cc1ccc(C)c(-c2csc(NC(=O)c3cccc(C(F)(F)F)c3)n2)c1. The van der Waals surface area contributed by atoms with Crippen molar-refractivity contribution in [1.82, 2.24) is 4.98 Å². The summed E-state index contributed by atoms with van der Waals surface area (Å²) in [5, 5.41) is 4.71. The fraction of sp³-hybridized carbons (Fsp3) is 0.158. The average Bonchev–Trinajstić information content (AvgIpc) is 3.04. The first-order valence-corrected chi connectivity index (χ1v) is 8.64. The van der Waals surface area contributed by atoms with Gasteiger partial charge in [-0.3, -0.25) is 10.1 Å². The normalized spacial score (nSPS) is 11.4. The highest BCUT2D eigenvalue weighted by atomic mass is 32.1. The molecule has 0 radical (unpaired) electrons. The minimum atomic E-state index is -4.49. The van der Waals surface area contributed by atoms with Crippen LogP contribution in [-0.4, -0.2) is 10.9 Å². The lowest BCUT2D eigenvalue weighted by molar-refractivity contribution is -0.137. The van der Waals surface area contributed by atoms with Crippen LogP contribution >= 0.6 is 11.3 Å². The second-order valence-corrected chi connectivity index (χ2v) is 6.75. The van der Waals surface area contributed by atoms with E-state index in [-0.39, 0.29) is 5.56 Å². The number of carbonyl (C=O) groups excluding carboxylic acids is 1. The van der Waals surface area contributed by atoms with Gasteiger partial charge in [-0.1, -0.05) is 23.8 Å². The molecular weight excluding hydrogens is 361 g/mol. The molecule has 0 saturated heterocycles. The van der Waals surface area contributed by atoms with Crippen molar-refractivity contribution in [2.24, 2.45) is 0 Å². The number of nitrogens with zero attached hydrogens (tertiary/aromatic N) is 1. The zero-order chi connectivity index (χ0) is 18.9. The molecule has 26 heavy (non-hydrogen) atoms. The first-order chi connectivity index (χ1) is 12.2. The minimum Gasteiger partial charge on any atom is -0.298 e. The Morgan fingerprint density at radius 3 is 2.62 bits per heavy atom. The van der Waals surface area contributed by atoms with Gasteiger partial charge in [0.1, 0.15) is 0 Å². The zero-order valence-electron chi connectivity index (χ0n) is 14.0. The molecule has 3 nitrogen and oxygen atoms in total. The Labute approximate surface area is 152 Å². The van der Waals surface area contributed by atoms with Crippen molar-refractivity contribution in [3.8, 4) is 11.3 Å². The largest absolute Gasteiger partial charge is 0.416 e. The Bertz CT molecular complexity index is 963. The number of benzene rings is 2. The topological polar surface area (TPSA) is 42.0 Å². The van der Waals surface area contributed by atoms with E-state index in [2.05, 4.69) is 10.3 Å². The van der Waals surface area contributed by atoms with Gasteiger partial charge in [0.15, 0.2) is 5.13 Å². The van der Waals surface area contributed by atoms with Crippen molar-refractivity contribution in [3.05, 3.63) is 70.1 Å². The Morgan fingerprint density at radius 2 is 1.88 bits per heavy atom. The maximum atomic E-state index is 12.8. The van der Waals surface area contributed by atoms with E-state index < -0.39 is 17.6 Å². The van der Waals surface area contributed by atoms with Crippen LogP contribution in [0.2, 0.25) is 0 Å². The second kappa shape index (κ2) is 6.92. The van der Waals surface area contributed by atoms with Gasteiger partial charge in [0.2, 0.25) is 0 Å². The Morgan fingerprint density at radius 1 is 1.12 bits per heavy atom. The molecule has 134 valence electrons. The third-order valence-electron chi connectivity index (χ3n) is 3.85. The molecule has 0 bridgehead atoms. The predicted molar refractivity (Wildman–Crippen MR) is 96.4 cm³/mol. The van der Waals surface area contributed by atoms with Crippen molar-refractivity contribution < 1.29 is 18.0 Å². The quantitative estimate of drug-likeness (QED) is 0.637. The highest BCUT2D eigenvalue weighted by Gasteiger charge is 2.30. The first-order valence-electron chi connectivity index (χ1n) is 7.76. The number of rotatable bonds is 3. The maximum absolute atomic E-state index is 12.8. The van der Waals surface area contributed by atoms with Crippen LogP contribution in [0.15, 0.2) is 47.8 Å². The molecule has 0 saturated carbocycles. The Balaban J connectivity index is 1.81. The van der Waals surface area contributed by atoms with Crippen LogP contribution in [0.1, 0.15) is 27.0 Å². The smallest absolute Gasteiger partial charge is 0.298 e. The summed E-state index contributed by atoms with van der Waals surface area (Å²) in [6, 6.07) is 10.3. The van der Waals surface area contributed by atoms with E-state index in [1.54, 1.807) is 0 Å². The number of halogens is 3. The standard InChI is InChI=1S/C19H15F3N2OS/c1-11-6-7-12(2)15(8-11)16-10-26-18(23-16)24-17(25)13-4-3-5-14(9-13)19(20,21)22/h3-10H,1-2H3,(H,23,24,25). The number of aromatic nitrogens is 1. The molecule has 7 heteroatoms. The summed E-state index contributed by atoms with van der Waals surface area (Å²) in [6.07, 6.45) is -4.49. The van der Waals surface area contributed by atoms with E-state index in [4.69, 9.17) is 0 Å². The van der Waals surface area contributed by atoms with E-state index in [9.17, 15) is 18.0 Å². The van der Waals surface area contributed by atoms with E-state index in [0.717, 1.165) is 34.5 Å². The number of hydrogen-bond acceptors (Lipinski definition) is 3. The number of alkyl halides is 3.